The van der Waals surface area contributed by atoms with Crippen molar-refractivity contribution in [1.29, 1.82) is 0 Å². The maximum Gasteiger partial charge on any atom is 0.410 e. The van der Waals surface area contributed by atoms with E-state index in [9.17, 15) is 4.79 Å². The quantitative estimate of drug-likeness (QED) is 0.744. The average molecular weight is 255 g/mol. The van der Waals surface area contributed by atoms with Crippen molar-refractivity contribution in [2.45, 2.75) is 66.4 Å². The topological polar surface area (TPSA) is 29.5 Å². The standard InChI is InChI=1S/C15H29NO2/c1-7-15(12(2)3)9-8-10-16(11-15)13(17)18-14(4,5)6/h12H,7-11H2,1-6H3. The van der Waals surface area contributed by atoms with Crippen molar-refractivity contribution < 1.29 is 9.53 Å². The summed E-state index contributed by atoms with van der Waals surface area (Å²) in [5.41, 5.74) is -0.129. The first-order valence-corrected chi connectivity index (χ1v) is 7.18. The minimum absolute atomic E-state index is 0.152. The van der Waals surface area contributed by atoms with E-state index in [2.05, 4.69) is 20.8 Å². The molecule has 0 radical (unpaired) electrons. The maximum absolute atomic E-state index is 12.1. The molecule has 18 heavy (non-hydrogen) atoms. The second kappa shape index (κ2) is 5.50. The Labute approximate surface area is 112 Å². The Kier molecular flexibility index (Phi) is 4.68. The Morgan fingerprint density at radius 3 is 2.44 bits per heavy atom. The van der Waals surface area contributed by atoms with E-state index in [0.29, 0.717) is 5.92 Å². The fraction of sp³-hybridized carbons (Fsp3) is 0.933. The molecule has 1 rings (SSSR count). The van der Waals surface area contributed by atoms with Crippen molar-refractivity contribution in [1.82, 2.24) is 4.90 Å². The summed E-state index contributed by atoms with van der Waals surface area (Å²) in [6, 6.07) is 0. The van der Waals surface area contributed by atoms with E-state index in [1.54, 1.807) is 0 Å². The Hall–Kier alpha value is -0.730. The molecule has 1 atom stereocenters. The molecule has 0 aliphatic carbocycles. The molecular formula is C15H29NO2. The van der Waals surface area contributed by atoms with E-state index in [1.807, 2.05) is 25.7 Å². The van der Waals surface area contributed by atoms with E-state index < -0.39 is 5.60 Å². The van der Waals surface area contributed by atoms with Crippen molar-refractivity contribution in [3.05, 3.63) is 0 Å². The first-order valence-electron chi connectivity index (χ1n) is 7.18. The molecule has 0 spiro atoms. The van der Waals surface area contributed by atoms with Crippen molar-refractivity contribution in [3.8, 4) is 0 Å². The van der Waals surface area contributed by atoms with Gasteiger partial charge < -0.3 is 9.64 Å². The molecule has 1 aliphatic rings. The number of carbonyl (C=O) groups excluding carboxylic acids is 1. The monoisotopic (exact) mass is 255 g/mol. The summed E-state index contributed by atoms with van der Waals surface area (Å²) in [6.07, 6.45) is 3.29. The number of carbonyl (C=O) groups is 1. The minimum Gasteiger partial charge on any atom is -0.444 e. The number of ether oxygens (including phenoxy) is 1. The number of likely N-dealkylation sites (tertiary alicyclic amines) is 1. The Bertz CT molecular complexity index is 293. The Morgan fingerprint density at radius 2 is 2.00 bits per heavy atom. The normalized spacial score (nSPS) is 25.4. The van der Waals surface area contributed by atoms with Crippen molar-refractivity contribution in [2.75, 3.05) is 13.1 Å². The maximum atomic E-state index is 12.1. The van der Waals surface area contributed by atoms with Crippen LogP contribution in [-0.2, 0) is 4.74 Å². The van der Waals surface area contributed by atoms with Gasteiger partial charge in [0.15, 0.2) is 0 Å². The molecular weight excluding hydrogens is 226 g/mol. The highest BCUT2D eigenvalue weighted by molar-refractivity contribution is 5.68. The molecule has 0 aromatic heterocycles. The number of nitrogens with zero attached hydrogens (tertiary/aromatic N) is 1. The lowest BCUT2D eigenvalue weighted by atomic mass is 9.69. The summed E-state index contributed by atoms with van der Waals surface area (Å²) in [5.74, 6) is 0.604. The fourth-order valence-corrected chi connectivity index (χ4v) is 2.81. The van der Waals surface area contributed by atoms with Gasteiger partial charge in [0.25, 0.3) is 0 Å². The zero-order valence-electron chi connectivity index (χ0n) is 12.9. The molecule has 0 N–H and O–H groups in total. The van der Waals surface area contributed by atoms with Crippen LogP contribution in [0.4, 0.5) is 4.79 Å². The first-order chi connectivity index (χ1) is 8.20. The third-order valence-corrected chi connectivity index (χ3v) is 4.19. The molecule has 3 nitrogen and oxygen atoms in total. The van der Waals surface area contributed by atoms with Gasteiger partial charge in [-0.3, -0.25) is 0 Å². The van der Waals surface area contributed by atoms with Crippen LogP contribution in [0.1, 0.15) is 60.8 Å². The van der Waals surface area contributed by atoms with Gasteiger partial charge in [0.05, 0.1) is 0 Å². The van der Waals surface area contributed by atoms with Gasteiger partial charge in [-0.25, -0.2) is 4.79 Å². The number of amides is 1. The minimum atomic E-state index is -0.402. The predicted molar refractivity (Wildman–Crippen MR) is 74.6 cm³/mol. The van der Waals surface area contributed by atoms with Gasteiger partial charge in [0, 0.05) is 13.1 Å². The molecule has 0 aromatic rings. The van der Waals surface area contributed by atoms with Gasteiger partial charge in [-0.15, -0.1) is 0 Å². The zero-order valence-corrected chi connectivity index (χ0v) is 12.9. The summed E-state index contributed by atoms with van der Waals surface area (Å²) < 4.78 is 5.48. The number of piperidine rings is 1. The summed E-state index contributed by atoms with van der Waals surface area (Å²) in [7, 11) is 0. The summed E-state index contributed by atoms with van der Waals surface area (Å²) in [4.78, 5) is 14.0. The number of hydrogen-bond donors (Lipinski definition) is 0. The predicted octanol–water partition coefficient (Wildman–Crippen LogP) is 4.07. The van der Waals surface area contributed by atoms with Gasteiger partial charge >= 0.3 is 6.09 Å². The lowest BCUT2D eigenvalue weighted by Gasteiger charge is -2.45. The van der Waals surface area contributed by atoms with Gasteiger partial charge in [-0.1, -0.05) is 20.8 Å². The Balaban J connectivity index is 2.72. The molecule has 1 unspecified atom stereocenters. The van der Waals surface area contributed by atoms with Crippen molar-refractivity contribution >= 4 is 6.09 Å². The zero-order chi connectivity index (χ0) is 14.0. The van der Waals surface area contributed by atoms with Crippen LogP contribution in [0.25, 0.3) is 0 Å². The van der Waals surface area contributed by atoms with Gasteiger partial charge in [0.1, 0.15) is 5.60 Å². The van der Waals surface area contributed by atoms with Crippen LogP contribution in [0, 0.1) is 11.3 Å². The molecule has 1 amide bonds. The lowest BCUT2D eigenvalue weighted by molar-refractivity contribution is -0.00672. The van der Waals surface area contributed by atoms with Crippen molar-refractivity contribution in [2.24, 2.45) is 11.3 Å². The molecule has 1 fully saturated rings. The molecule has 1 saturated heterocycles. The van der Waals surface area contributed by atoms with Gasteiger partial charge in [0.2, 0.25) is 0 Å². The van der Waals surface area contributed by atoms with E-state index >= 15 is 0 Å². The third-order valence-electron chi connectivity index (χ3n) is 4.19. The summed E-state index contributed by atoms with van der Waals surface area (Å²) in [6.45, 7) is 14.2. The van der Waals surface area contributed by atoms with Crippen LogP contribution in [-0.4, -0.2) is 29.7 Å². The average Bonchev–Trinajstić information content (AvgIpc) is 2.26. The highest BCUT2D eigenvalue weighted by Gasteiger charge is 2.39. The van der Waals surface area contributed by atoms with E-state index in [-0.39, 0.29) is 11.5 Å². The molecule has 106 valence electrons. The van der Waals surface area contributed by atoms with Crippen LogP contribution in [0.2, 0.25) is 0 Å². The molecule has 0 bridgehead atoms. The summed E-state index contributed by atoms with van der Waals surface area (Å²) in [5, 5.41) is 0. The smallest absolute Gasteiger partial charge is 0.410 e. The van der Waals surface area contributed by atoms with Gasteiger partial charge in [-0.05, 0) is 51.4 Å². The van der Waals surface area contributed by atoms with Crippen LogP contribution < -0.4 is 0 Å². The lowest BCUT2D eigenvalue weighted by Crippen LogP contribution is -2.49. The van der Waals surface area contributed by atoms with Crippen molar-refractivity contribution in [3.63, 3.8) is 0 Å². The highest BCUT2D eigenvalue weighted by atomic mass is 16.6. The van der Waals surface area contributed by atoms with E-state index in [0.717, 1.165) is 25.9 Å². The Morgan fingerprint density at radius 1 is 1.39 bits per heavy atom. The number of hydrogen-bond acceptors (Lipinski definition) is 2. The van der Waals surface area contributed by atoms with Crippen LogP contribution in [0.3, 0.4) is 0 Å². The molecule has 3 heteroatoms. The highest BCUT2D eigenvalue weighted by Crippen LogP contribution is 2.40. The molecule has 0 saturated carbocycles. The molecule has 1 heterocycles. The van der Waals surface area contributed by atoms with Gasteiger partial charge in [-0.2, -0.15) is 0 Å². The van der Waals surface area contributed by atoms with E-state index in [1.165, 1.54) is 6.42 Å². The molecule has 0 aromatic carbocycles. The fourth-order valence-electron chi connectivity index (χ4n) is 2.81. The summed E-state index contributed by atoms with van der Waals surface area (Å²) >= 11 is 0. The second-order valence-electron chi connectivity index (χ2n) is 6.88. The van der Waals surface area contributed by atoms with Crippen LogP contribution in [0.15, 0.2) is 0 Å². The second-order valence-corrected chi connectivity index (χ2v) is 6.88. The van der Waals surface area contributed by atoms with Crippen LogP contribution >= 0.6 is 0 Å². The third kappa shape index (κ3) is 3.63. The van der Waals surface area contributed by atoms with E-state index in [4.69, 9.17) is 4.74 Å². The first kappa shape index (κ1) is 15.3. The SMILES string of the molecule is CCC1(C(C)C)CCCN(C(=O)OC(C)(C)C)C1. The largest absolute Gasteiger partial charge is 0.444 e. The number of rotatable bonds is 2. The molecule has 1 aliphatic heterocycles. The van der Waals surface area contributed by atoms with Crippen LogP contribution in [0.5, 0.6) is 0 Å².